The molecule has 2 aromatic rings. The average Bonchev–Trinajstić information content (AvgIpc) is 2.96. The molecule has 2 rings (SSSR count). The summed E-state index contributed by atoms with van der Waals surface area (Å²) in [5, 5.41) is 11.0. The normalized spacial score (nSPS) is 11.8. The highest BCUT2D eigenvalue weighted by Gasteiger charge is 2.17. The minimum absolute atomic E-state index is 0.0351. The number of nitrogens with one attached hydrogen (secondary N) is 1. The number of benzene rings is 1. The predicted octanol–water partition coefficient (Wildman–Crippen LogP) is 1.51. The molecule has 1 aromatic heterocycles. The lowest BCUT2D eigenvalue weighted by Gasteiger charge is -2.14. The standard InChI is InChI=1S/C15H18ClN5O2/c1-10(11-6-4-5-7-12(11)16)17-15(23)13-8-21(19-18-13)9-14(22)20(2)3/h4-8,10H,9H2,1-3H3,(H,17,23)/t10-/m1/s1. The highest BCUT2D eigenvalue weighted by Crippen LogP contribution is 2.22. The number of carbonyl (C=O) groups excluding carboxylic acids is 2. The summed E-state index contributed by atoms with van der Waals surface area (Å²) in [7, 11) is 3.30. The van der Waals surface area contributed by atoms with E-state index in [0.29, 0.717) is 5.02 Å². The van der Waals surface area contributed by atoms with E-state index in [0.717, 1.165) is 5.56 Å². The molecular weight excluding hydrogens is 318 g/mol. The maximum atomic E-state index is 12.2. The van der Waals surface area contributed by atoms with E-state index in [-0.39, 0.29) is 30.1 Å². The molecular formula is C15H18ClN5O2. The van der Waals surface area contributed by atoms with Crippen LogP contribution in [-0.4, -0.2) is 45.8 Å². The number of halogens is 1. The molecule has 0 bridgehead atoms. The molecule has 0 radical (unpaired) electrons. The molecule has 1 N–H and O–H groups in total. The SMILES string of the molecule is C[C@@H](NC(=O)c1cn(CC(=O)N(C)C)nn1)c1ccccc1Cl. The second-order valence-corrected chi connectivity index (χ2v) is 5.71. The third-order valence-corrected chi connectivity index (χ3v) is 3.63. The van der Waals surface area contributed by atoms with Gasteiger partial charge in [-0.2, -0.15) is 0 Å². The highest BCUT2D eigenvalue weighted by molar-refractivity contribution is 6.31. The molecule has 0 fully saturated rings. The Labute approximate surface area is 139 Å². The topological polar surface area (TPSA) is 80.1 Å². The van der Waals surface area contributed by atoms with Crippen molar-refractivity contribution < 1.29 is 9.59 Å². The van der Waals surface area contributed by atoms with Gasteiger partial charge in [0.15, 0.2) is 5.69 Å². The molecule has 1 aromatic carbocycles. The summed E-state index contributed by atoms with van der Waals surface area (Å²) in [5.41, 5.74) is 0.966. The van der Waals surface area contributed by atoms with Gasteiger partial charge < -0.3 is 10.2 Å². The van der Waals surface area contributed by atoms with Crippen LogP contribution in [0.1, 0.15) is 29.0 Å². The van der Waals surface area contributed by atoms with Crippen LogP contribution in [0.25, 0.3) is 0 Å². The largest absolute Gasteiger partial charge is 0.347 e. The zero-order chi connectivity index (χ0) is 17.0. The maximum Gasteiger partial charge on any atom is 0.273 e. The van der Waals surface area contributed by atoms with Crippen LogP contribution in [0.4, 0.5) is 0 Å². The van der Waals surface area contributed by atoms with Crippen molar-refractivity contribution in [3.63, 3.8) is 0 Å². The summed E-state index contributed by atoms with van der Waals surface area (Å²) < 4.78 is 1.33. The van der Waals surface area contributed by atoms with Gasteiger partial charge in [-0.25, -0.2) is 4.68 Å². The zero-order valence-corrected chi connectivity index (χ0v) is 13.9. The van der Waals surface area contributed by atoms with Gasteiger partial charge in [0.2, 0.25) is 5.91 Å². The molecule has 1 atom stereocenters. The minimum Gasteiger partial charge on any atom is -0.347 e. The summed E-state index contributed by atoms with van der Waals surface area (Å²) in [5.74, 6) is -0.507. The number of hydrogen-bond donors (Lipinski definition) is 1. The predicted molar refractivity (Wildman–Crippen MR) is 86.0 cm³/mol. The first kappa shape index (κ1) is 17.0. The number of carbonyl (C=O) groups is 2. The summed E-state index contributed by atoms with van der Waals surface area (Å²) in [6.07, 6.45) is 1.44. The fourth-order valence-corrected chi connectivity index (χ4v) is 2.23. The number of rotatable bonds is 5. The van der Waals surface area contributed by atoms with E-state index in [9.17, 15) is 9.59 Å². The zero-order valence-electron chi connectivity index (χ0n) is 13.2. The van der Waals surface area contributed by atoms with Crippen LogP contribution in [-0.2, 0) is 11.3 Å². The van der Waals surface area contributed by atoms with Crippen LogP contribution in [0.5, 0.6) is 0 Å². The van der Waals surface area contributed by atoms with E-state index >= 15 is 0 Å². The third-order valence-electron chi connectivity index (χ3n) is 3.29. The van der Waals surface area contributed by atoms with Crippen LogP contribution in [0.15, 0.2) is 30.5 Å². The first-order valence-electron chi connectivity index (χ1n) is 7.04. The van der Waals surface area contributed by atoms with Crippen LogP contribution < -0.4 is 5.32 Å². The van der Waals surface area contributed by atoms with Crippen molar-refractivity contribution in [2.24, 2.45) is 0 Å². The molecule has 0 aliphatic carbocycles. The fourth-order valence-electron chi connectivity index (χ4n) is 1.93. The van der Waals surface area contributed by atoms with E-state index in [2.05, 4.69) is 15.6 Å². The van der Waals surface area contributed by atoms with Gasteiger partial charge in [0.1, 0.15) is 6.54 Å². The summed E-state index contributed by atoms with van der Waals surface area (Å²) in [6, 6.07) is 7.02. The van der Waals surface area contributed by atoms with Crippen LogP contribution in [0, 0.1) is 0 Å². The smallest absolute Gasteiger partial charge is 0.273 e. The molecule has 0 saturated heterocycles. The van der Waals surface area contributed by atoms with E-state index in [1.165, 1.54) is 15.8 Å². The van der Waals surface area contributed by atoms with Crippen LogP contribution in [0.3, 0.4) is 0 Å². The molecule has 1 heterocycles. The van der Waals surface area contributed by atoms with Gasteiger partial charge in [0.05, 0.1) is 12.2 Å². The molecule has 0 saturated carbocycles. The number of nitrogens with zero attached hydrogens (tertiary/aromatic N) is 4. The Morgan fingerprint density at radius 2 is 2.04 bits per heavy atom. The Morgan fingerprint density at radius 3 is 2.70 bits per heavy atom. The van der Waals surface area contributed by atoms with E-state index < -0.39 is 0 Å². The Hall–Kier alpha value is -2.41. The second-order valence-electron chi connectivity index (χ2n) is 5.31. The van der Waals surface area contributed by atoms with E-state index in [1.54, 1.807) is 20.2 Å². The second kappa shape index (κ2) is 7.23. The highest BCUT2D eigenvalue weighted by atomic mass is 35.5. The van der Waals surface area contributed by atoms with Crippen molar-refractivity contribution in [3.8, 4) is 0 Å². The maximum absolute atomic E-state index is 12.2. The van der Waals surface area contributed by atoms with Crippen molar-refractivity contribution in [1.82, 2.24) is 25.2 Å². The van der Waals surface area contributed by atoms with Gasteiger partial charge >= 0.3 is 0 Å². The lowest BCUT2D eigenvalue weighted by Crippen LogP contribution is -2.27. The van der Waals surface area contributed by atoms with Crippen molar-refractivity contribution in [1.29, 1.82) is 0 Å². The van der Waals surface area contributed by atoms with E-state index in [1.807, 2.05) is 25.1 Å². The van der Waals surface area contributed by atoms with Gasteiger partial charge in [-0.05, 0) is 18.6 Å². The number of amides is 2. The Balaban J connectivity index is 2.03. The van der Waals surface area contributed by atoms with Crippen LogP contribution in [0.2, 0.25) is 5.02 Å². The van der Waals surface area contributed by atoms with Gasteiger partial charge in [0.25, 0.3) is 5.91 Å². The summed E-state index contributed by atoms with van der Waals surface area (Å²) in [4.78, 5) is 25.3. The monoisotopic (exact) mass is 335 g/mol. The molecule has 2 amide bonds. The molecule has 7 nitrogen and oxygen atoms in total. The first-order chi connectivity index (χ1) is 10.9. The quantitative estimate of drug-likeness (QED) is 0.898. The molecule has 0 spiro atoms. The Bertz CT molecular complexity index is 713. The van der Waals surface area contributed by atoms with Crippen LogP contribution >= 0.6 is 11.6 Å². The average molecular weight is 336 g/mol. The van der Waals surface area contributed by atoms with Gasteiger partial charge in [-0.1, -0.05) is 35.0 Å². The molecule has 23 heavy (non-hydrogen) atoms. The number of hydrogen-bond acceptors (Lipinski definition) is 4. The third kappa shape index (κ3) is 4.29. The van der Waals surface area contributed by atoms with Crippen molar-refractivity contribution in [2.45, 2.75) is 19.5 Å². The first-order valence-corrected chi connectivity index (χ1v) is 7.42. The van der Waals surface area contributed by atoms with Gasteiger partial charge in [-0.15, -0.1) is 5.10 Å². The van der Waals surface area contributed by atoms with Crippen molar-refractivity contribution in [2.75, 3.05) is 14.1 Å². The number of likely N-dealkylation sites (N-methyl/N-ethyl adjacent to an activating group) is 1. The van der Waals surface area contributed by atoms with Gasteiger partial charge in [-0.3, -0.25) is 9.59 Å². The molecule has 0 unspecified atom stereocenters. The lowest BCUT2D eigenvalue weighted by molar-refractivity contribution is -0.129. The molecule has 122 valence electrons. The van der Waals surface area contributed by atoms with Crippen molar-refractivity contribution >= 4 is 23.4 Å². The summed E-state index contributed by atoms with van der Waals surface area (Å²) in [6.45, 7) is 1.87. The lowest BCUT2D eigenvalue weighted by atomic mass is 10.1. The van der Waals surface area contributed by atoms with Gasteiger partial charge in [0, 0.05) is 19.1 Å². The van der Waals surface area contributed by atoms with E-state index in [4.69, 9.17) is 11.6 Å². The Kier molecular flexibility index (Phi) is 5.33. The summed E-state index contributed by atoms with van der Waals surface area (Å²) >= 11 is 6.11. The number of aromatic nitrogens is 3. The molecule has 8 heteroatoms. The molecule has 0 aliphatic heterocycles. The Morgan fingerprint density at radius 1 is 1.35 bits per heavy atom. The molecule has 0 aliphatic rings. The minimum atomic E-state index is -0.374. The fraction of sp³-hybridized carbons (Fsp3) is 0.333. The van der Waals surface area contributed by atoms with Crippen molar-refractivity contribution in [3.05, 3.63) is 46.7 Å².